The molecule has 1 N–H and O–H groups in total. The van der Waals surface area contributed by atoms with Crippen LogP contribution in [-0.4, -0.2) is 28.4 Å². The second-order valence-corrected chi connectivity index (χ2v) is 5.61. The number of rotatable bonds is 4. The summed E-state index contributed by atoms with van der Waals surface area (Å²) in [7, 11) is 0. The number of thioether (sulfide) groups is 1. The van der Waals surface area contributed by atoms with Gasteiger partial charge in [0.2, 0.25) is 0 Å². The average Bonchev–Trinajstić information content (AvgIpc) is 3.07. The van der Waals surface area contributed by atoms with Crippen LogP contribution in [0, 0.1) is 0 Å². The van der Waals surface area contributed by atoms with Crippen molar-refractivity contribution in [1.29, 1.82) is 0 Å². The summed E-state index contributed by atoms with van der Waals surface area (Å²) in [6, 6.07) is 1.64. The molecule has 2 rings (SSSR count). The Morgan fingerprint density at radius 2 is 2.44 bits per heavy atom. The summed E-state index contributed by atoms with van der Waals surface area (Å²) in [4.78, 5) is 15.7. The van der Waals surface area contributed by atoms with Crippen molar-refractivity contribution >= 4 is 29.3 Å². The maximum Gasteiger partial charge on any atom is 0.252 e. The number of nitrogens with one attached hydrogen (secondary N) is 1. The Balaban J connectivity index is 1.96. The molecule has 16 heavy (non-hydrogen) atoms. The zero-order valence-corrected chi connectivity index (χ0v) is 10.6. The highest BCUT2D eigenvalue weighted by molar-refractivity contribution is 8.00. The lowest BCUT2D eigenvalue weighted by Crippen LogP contribution is -2.31. The van der Waals surface area contributed by atoms with E-state index in [-0.39, 0.29) is 10.7 Å². The molecular formula is C11H13ClN2OS. The number of amides is 1. The predicted molar refractivity (Wildman–Crippen MR) is 67.1 cm³/mol. The van der Waals surface area contributed by atoms with E-state index >= 15 is 0 Å². The number of hydrogen-bond acceptors (Lipinski definition) is 3. The molecule has 0 atom stereocenters. The van der Waals surface area contributed by atoms with Crippen LogP contribution in [0.2, 0.25) is 5.02 Å². The topological polar surface area (TPSA) is 42.0 Å². The van der Waals surface area contributed by atoms with Crippen molar-refractivity contribution in [3.8, 4) is 0 Å². The average molecular weight is 257 g/mol. The zero-order valence-electron chi connectivity index (χ0n) is 9.00. The van der Waals surface area contributed by atoms with E-state index in [1.165, 1.54) is 19.0 Å². The molecule has 0 aromatic carbocycles. The van der Waals surface area contributed by atoms with E-state index in [1.54, 1.807) is 12.3 Å². The summed E-state index contributed by atoms with van der Waals surface area (Å²) >= 11 is 7.71. The number of carbonyl (C=O) groups excluding carboxylic acids is 1. The standard InChI is InChI=1S/C11H13ClN2OS/c1-16-11(3-4-11)7-14-10(15)8-2-5-13-6-9(8)12/h2,5-6H,3-4,7H2,1H3,(H,14,15). The Hall–Kier alpha value is -0.740. The van der Waals surface area contributed by atoms with Gasteiger partial charge in [0.25, 0.3) is 5.91 Å². The summed E-state index contributed by atoms with van der Waals surface area (Å²) < 4.78 is 0.273. The number of carbonyl (C=O) groups is 1. The fraction of sp³-hybridized carbons (Fsp3) is 0.455. The molecule has 1 aromatic heterocycles. The molecule has 1 saturated carbocycles. The van der Waals surface area contributed by atoms with Gasteiger partial charge < -0.3 is 5.32 Å². The zero-order chi connectivity index (χ0) is 11.6. The molecule has 86 valence electrons. The summed E-state index contributed by atoms with van der Waals surface area (Å²) in [6.07, 6.45) is 7.50. The highest BCUT2D eigenvalue weighted by Crippen LogP contribution is 2.46. The third kappa shape index (κ3) is 2.50. The molecule has 1 aliphatic rings. The number of hydrogen-bond donors (Lipinski definition) is 1. The first-order valence-corrected chi connectivity index (χ1v) is 6.70. The number of nitrogens with zero attached hydrogens (tertiary/aromatic N) is 1. The molecule has 0 radical (unpaired) electrons. The van der Waals surface area contributed by atoms with E-state index in [0.29, 0.717) is 17.1 Å². The molecule has 1 aromatic rings. The third-order valence-electron chi connectivity index (χ3n) is 2.83. The maximum atomic E-state index is 11.8. The fourth-order valence-electron chi connectivity index (χ4n) is 1.49. The molecule has 3 nitrogen and oxygen atoms in total. The molecule has 0 unspecified atom stereocenters. The smallest absolute Gasteiger partial charge is 0.252 e. The predicted octanol–water partition coefficient (Wildman–Crippen LogP) is 2.36. The quantitative estimate of drug-likeness (QED) is 0.899. The Morgan fingerprint density at radius 1 is 1.69 bits per heavy atom. The van der Waals surface area contributed by atoms with E-state index < -0.39 is 0 Å². The summed E-state index contributed by atoms with van der Waals surface area (Å²) in [5, 5.41) is 3.32. The Bertz CT molecular complexity index is 407. The first-order chi connectivity index (χ1) is 7.67. The maximum absolute atomic E-state index is 11.8. The molecule has 5 heteroatoms. The minimum Gasteiger partial charge on any atom is -0.351 e. The van der Waals surface area contributed by atoms with Crippen molar-refractivity contribution in [1.82, 2.24) is 10.3 Å². The minimum absolute atomic E-state index is 0.118. The van der Waals surface area contributed by atoms with E-state index in [9.17, 15) is 4.79 Å². The van der Waals surface area contributed by atoms with Crippen LogP contribution in [0.15, 0.2) is 18.5 Å². The first kappa shape index (κ1) is 11.7. The Kier molecular flexibility index (Phi) is 3.40. The highest BCUT2D eigenvalue weighted by Gasteiger charge is 2.41. The van der Waals surface area contributed by atoms with Crippen molar-refractivity contribution in [2.75, 3.05) is 12.8 Å². The van der Waals surface area contributed by atoms with Crippen LogP contribution in [0.1, 0.15) is 23.2 Å². The van der Waals surface area contributed by atoms with Gasteiger partial charge in [-0.15, -0.1) is 0 Å². The SMILES string of the molecule is CSC1(CNC(=O)c2ccncc2Cl)CC1. The lowest BCUT2D eigenvalue weighted by molar-refractivity contribution is 0.0953. The van der Waals surface area contributed by atoms with Gasteiger partial charge in [0.05, 0.1) is 10.6 Å². The van der Waals surface area contributed by atoms with Crippen LogP contribution in [0.3, 0.4) is 0 Å². The van der Waals surface area contributed by atoms with Gasteiger partial charge in [-0.3, -0.25) is 9.78 Å². The lowest BCUT2D eigenvalue weighted by Gasteiger charge is -2.13. The molecule has 1 amide bonds. The summed E-state index contributed by atoms with van der Waals surface area (Å²) in [5.74, 6) is -0.118. The number of halogens is 1. The highest BCUT2D eigenvalue weighted by atomic mass is 35.5. The van der Waals surface area contributed by atoms with Gasteiger partial charge in [-0.05, 0) is 25.2 Å². The molecule has 0 bridgehead atoms. The van der Waals surface area contributed by atoms with Crippen molar-refractivity contribution in [2.45, 2.75) is 17.6 Å². The summed E-state index contributed by atoms with van der Waals surface area (Å²) in [5.41, 5.74) is 0.494. The molecule has 0 aliphatic heterocycles. The third-order valence-corrected chi connectivity index (χ3v) is 4.55. The van der Waals surface area contributed by atoms with Gasteiger partial charge in [-0.2, -0.15) is 11.8 Å². The van der Waals surface area contributed by atoms with Gasteiger partial charge in [0.15, 0.2) is 0 Å². The van der Waals surface area contributed by atoms with Crippen LogP contribution < -0.4 is 5.32 Å². The number of aromatic nitrogens is 1. The second kappa shape index (κ2) is 4.63. The molecule has 1 aliphatic carbocycles. The van der Waals surface area contributed by atoms with Gasteiger partial charge in [-0.1, -0.05) is 11.6 Å². The number of pyridine rings is 1. The molecule has 1 heterocycles. The molecular weight excluding hydrogens is 244 g/mol. The molecule has 1 fully saturated rings. The normalized spacial score (nSPS) is 16.9. The van der Waals surface area contributed by atoms with Crippen LogP contribution in [0.4, 0.5) is 0 Å². The van der Waals surface area contributed by atoms with E-state index in [1.807, 2.05) is 11.8 Å². The van der Waals surface area contributed by atoms with Crippen LogP contribution >= 0.6 is 23.4 Å². The van der Waals surface area contributed by atoms with Crippen LogP contribution in [0.25, 0.3) is 0 Å². The summed E-state index contributed by atoms with van der Waals surface area (Å²) in [6.45, 7) is 0.714. The van der Waals surface area contributed by atoms with E-state index in [0.717, 1.165) is 0 Å². The Morgan fingerprint density at radius 3 is 3.00 bits per heavy atom. The van der Waals surface area contributed by atoms with Crippen molar-refractivity contribution in [3.63, 3.8) is 0 Å². The van der Waals surface area contributed by atoms with Gasteiger partial charge in [0.1, 0.15) is 0 Å². The van der Waals surface area contributed by atoms with Crippen LogP contribution in [0.5, 0.6) is 0 Å². The minimum atomic E-state index is -0.118. The van der Waals surface area contributed by atoms with Crippen molar-refractivity contribution in [2.24, 2.45) is 0 Å². The van der Waals surface area contributed by atoms with Crippen LogP contribution in [-0.2, 0) is 0 Å². The molecule has 0 spiro atoms. The second-order valence-electron chi connectivity index (χ2n) is 3.93. The van der Waals surface area contributed by atoms with Gasteiger partial charge >= 0.3 is 0 Å². The van der Waals surface area contributed by atoms with E-state index in [2.05, 4.69) is 16.6 Å². The largest absolute Gasteiger partial charge is 0.351 e. The van der Waals surface area contributed by atoms with Gasteiger partial charge in [0, 0.05) is 23.7 Å². The van der Waals surface area contributed by atoms with Crippen molar-refractivity contribution < 1.29 is 4.79 Å². The monoisotopic (exact) mass is 256 g/mol. The first-order valence-electron chi connectivity index (χ1n) is 5.10. The fourth-order valence-corrected chi connectivity index (χ4v) is 2.42. The van der Waals surface area contributed by atoms with E-state index in [4.69, 9.17) is 11.6 Å². The van der Waals surface area contributed by atoms with Gasteiger partial charge in [-0.25, -0.2) is 0 Å². The van der Waals surface area contributed by atoms with Crippen molar-refractivity contribution in [3.05, 3.63) is 29.0 Å². The Labute approximate surface area is 104 Å². The molecule has 0 saturated heterocycles. The lowest BCUT2D eigenvalue weighted by atomic mass is 10.2.